The summed E-state index contributed by atoms with van der Waals surface area (Å²) < 4.78 is 29.6. The number of rotatable bonds is 6. The Morgan fingerprint density at radius 1 is 1.03 bits per heavy atom. The lowest BCUT2D eigenvalue weighted by Crippen LogP contribution is -2.31. The van der Waals surface area contributed by atoms with E-state index in [2.05, 4.69) is 15.5 Å². The summed E-state index contributed by atoms with van der Waals surface area (Å²) >= 11 is 12.5. The van der Waals surface area contributed by atoms with E-state index >= 15 is 0 Å². The molecule has 0 aliphatic heterocycles. The van der Waals surface area contributed by atoms with Gasteiger partial charge in [-0.3, -0.25) is 18.8 Å². The van der Waals surface area contributed by atoms with Crippen molar-refractivity contribution in [3.05, 3.63) is 82.5 Å². The van der Waals surface area contributed by atoms with Crippen molar-refractivity contribution in [2.24, 2.45) is 0 Å². The summed E-state index contributed by atoms with van der Waals surface area (Å²) in [6.45, 7) is 1.87. The Hall–Kier alpha value is -3.14. The summed E-state index contributed by atoms with van der Waals surface area (Å²) in [7, 11) is -4.07. The van der Waals surface area contributed by atoms with Gasteiger partial charge < -0.3 is 0 Å². The Kier molecular flexibility index (Phi) is 6.05. The number of pyridine rings is 1. The third-order valence-electron chi connectivity index (χ3n) is 4.70. The summed E-state index contributed by atoms with van der Waals surface area (Å²) in [5.74, 6) is -0.482. The Bertz CT molecular complexity index is 1410. The molecule has 0 radical (unpaired) electrons. The van der Waals surface area contributed by atoms with E-state index in [9.17, 15) is 13.2 Å². The Balaban J connectivity index is 1.73. The SMILES string of the molecule is CCN(c1ccccc1)S(=O)(=O)c1cc(C(=O)Nc2nnc3ccccn23)c(Cl)cc1Cl. The zero-order chi connectivity index (χ0) is 22.9. The molecule has 0 aliphatic carbocycles. The second-order valence-corrected chi connectivity index (χ2v) is 9.32. The zero-order valence-electron chi connectivity index (χ0n) is 16.7. The minimum atomic E-state index is -4.07. The molecule has 0 atom stereocenters. The maximum Gasteiger partial charge on any atom is 0.265 e. The highest BCUT2D eigenvalue weighted by Crippen LogP contribution is 2.33. The molecule has 4 aromatic rings. The minimum absolute atomic E-state index is 0.00281. The Morgan fingerprint density at radius 3 is 2.47 bits per heavy atom. The highest BCUT2D eigenvalue weighted by atomic mass is 35.5. The number of carbonyl (C=O) groups is 1. The maximum atomic E-state index is 13.4. The summed E-state index contributed by atoms with van der Waals surface area (Å²) in [4.78, 5) is 12.7. The van der Waals surface area contributed by atoms with E-state index in [0.29, 0.717) is 11.3 Å². The van der Waals surface area contributed by atoms with E-state index in [0.717, 1.165) is 0 Å². The van der Waals surface area contributed by atoms with Crippen LogP contribution < -0.4 is 9.62 Å². The van der Waals surface area contributed by atoms with E-state index < -0.39 is 15.9 Å². The van der Waals surface area contributed by atoms with Crippen LogP contribution in [0.2, 0.25) is 10.0 Å². The Labute approximate surface area is 194 Å². The van der Waals surface area contributed by atoms with Crippen LogP contribution in [0.5, 0.6) is 0 Å². The van der Waals surface area contributed by atoms with Gasteiger partial charge in [0.25, 0.3) is 15.9 Å². The van der Waals surface area contributed by atoms with Crippen molar-refractivity contribution < 1.29 is 13.2 Å². The minimum Gasteiger partial charge on any atom is -0.290 e. The number of hydrogen-bond donors (Lipinski definition) is 1. The molecule has 1 amide bonds. The molecule has 0 spiro atoms. The molecule has 2 heterocycles. The van der Waals surface area contributed by atoms with Gasteiger partial charge in [0.2, 0.25) is 5.95 Å². The van der Waals surface area contributed by atoms with Gasteiger partial charge in [0.15, 0.2) is 5.65 Å². The summed E-state index contributed by atoms with van der Waals surface area (Å²) in [6, 6.07) is 16.3. The van der Waals surface area contributed by atoms with Crippen LogP contribution in [0.1, 0.15) is 17.3 Å². The number of nitrogens with zero attached hydrogens (tertiary/aromatic N) is 4. The first kappa shape index (κ1) is 22.1. The second kappa shape index (κ2) is 8.78. The highest BCUT2D eigenvalue weighted by Gasteiger charge is 2.28. The number of para-hydroxylation sites is 1. The molecular formula is C21H17Cl2N5O3S. The number of hydrogen-bond acceptors (Lipinski definition) is 5. The van der Waals surface area contributed by atoms with Gasteiger partial charge in [0.05, 0.1) is 21.3 Å². The topological polar surface area (TPSA) is 96.7 Å². The molecule has 4 rings (SSSR count). The van der Waals surface area contributed by atoms with Gasteiger partial charge in [-0.05, 0) is 43.3 Å². The Morgan fingerprint density at radius 2 is 1.75 bits per heavy atom. The van der Waals surface area contributed by atoms with Gasteiger partial charge >= 0.3 is 0 Å². The van der Waals surface area contributed by atoms with Gasteiger partial charge in [-0.2, -0.15) is 0 Å². The molecule has 0 aliphatic rings. The molecule has 0 bridgehead atoms. The van der Waals surface area contributed by atoms with Crippen LogP contribution in [0.4, 0.5) is 11.6 Å². The number of carbonyl (C=O) groups excluding carboxylic acids is 1. The van der Waals surface area contributed by atoms with Crippen molar-refractivity contribution in [3.63, 3.8) is 0 Å². The smallest absolute Gasteiger partial charge is 0.265 e. The number of halogens is 2. The molecule has 0 fully saturated rings. The average Bonchev–Trinajstić information content (AvgIpc) is 3.17. The van der Waals surface area contributed by atoms with Crippen LogP contribution in [0.3, 0.4) is 0 Å². The van der Waals surface area contributed by atoms with Crippen LogP contribution in [0.15, 0.2) is 71.8 Å². The number of amides is 1. The first-order valence-corrected chi connectivity index (χ1v) is 11.7. The van der Waals surface area contributed by atoms with Gasteiger partial charge in [-0.1, -0.05) is 47.5 Å². The van der Waals surface area contributed by atoms with E-state index in [1.165, 1.54) is 16.4 Å². The van der Waals surface area contributed by atoms with Crippen molar-refractivity contribution in [2.75, 3.05) is 16.2 Å². The second-order valence-electron chi connectivity index (χ2n) is 6.67. The third-order valence-corrected chi connectivity index (χ3v) is 7.39. The number of sulfonamides is 1. The quantitative estimate of drug-likeness (QED) is 0.429. The molecule has 2 aromatic carbocycles. The van der Waals surface area contributed by atoms with Gasteiger partial charge in [-0.25, -0.2) is 8.42 Å². The third kappa shape index (κ3) is 4.02. The number of aromatic nitrogens is 3. The van der Waals surface area contributed by atoms with E-state index in [4.69, 9.17) is 23.2 Å². The molecule has 164 valence electrons. The lowest BCUT2D eigenvalue weighted by molar-refractivity contribution is 0.102. The molecule has 11 heteroatoms. The van der Waals surface area contributed by atoms with Crippen LogP contribution in [0.25, 0.3) is 5.65 Å². The number of nitrogens with one attached hydrogen (secondary N) is 1. The molecule has 1 N–H and O–H groups in total. The van der Waals surface area contributed by atoms with E-state index in [1.54, 1.807) is 66.1 Å². The summed E-state index contributed by atoms with van der Waals surface area (Å²) in [5, 5.41) is 10.4. The van der Waals surface area contributed by atoms with Gasteiger partial charge in [0, 0.05) is 12.7 Å². The molecule has 8 nitrogen and oxygen atoms in total. The average molecular weight is 490 g/mol. The van der Waals surface area contributed by atoms with Gasteiger partial charge in [-0.15, -0.1) is 10.2 Å². The number of benzene rings is 2. The largest absolute Gasteiger partial charge is 0.290 e. The molecule has 0 saturated heterocycles. The zero-order valence-corrected chi connectivity index (χ0v) is 19.1. The molecule has 32 heavy (non-hydrogen) atoms. The lowest BCUT2D eigenvalue weighted by Gasteiger charge is -2.24. The van der Waals surface area contributed by atoms with Gasteiger partial charge in [0.1, 0.15) is 4.90 Å². The van der Waals surface area contributed by atoms with E-state index in [-0.39, 0.29) is 33.0 Å². The molecular weight excluding hydrogens is 473 g/mol. The number of anilines is 2. The fraction of sp³-hybridized carbons (Fsp3) is 0.0952. The summed E-state index contributed by atoms with van der Waals surface area (Å²) in [6.07, 6.45) is 1.68. The fourth-order valence-corrected chi connectivity index (χ4v) is 5.51. The predicted molar refractivity (Wildman–Crippen MR) is 124 cm³/mol. The van der Waals surface area contributed by atoms with Crippen LogP contribution >= 0.6 is 23.2 Å². The van der Waals surface area contributed by atoms with Crippen molar-refractivity contribution in [2.45, 2.75) is 11.8 Å². The van der Waals surface area contributed by atoms with E-state index in [1.807, 2.05) is 0 Å². The van der Waals surface area contributed by atoms with Crippen LogP contribution in [-0.2, 0) is 10.0 Å². The van der Waals surface area contributed by atoms with Crippen LogP contribution in [-0.4, -0.2) is 35.5 Å². The lowest BCUT2D eigenvalue weighted by atomic mass is 10.2. The first-order valence-electron chi connectivity index (χ1n) is 9.51. The highest BCUT2D eigenvalue weighted by molar-refractivity contribution is 7.93. The molecule has 2 aromatic heterocycles. The molecule has 0 unspecified atom stereocenters. The van der Waals surface area contributed by atoms with Crippen LogP contribution in [0, 0.1) is 0 Å². The normalized spacial score (nSPS) is 11.5. The van der Waals surface area contributed by atoms with Crippen molar-refractivity contribution in [1.82, 2.24) is 14.6 Å². The maximum absolute atomic E-state index is 13.4. The first-order chi connectivity index (χ1) is 15.3. The van der Waals surface area contributed by atoms with Crippen molar-refractivity contribution in [1.29, 1.82) is 0 Å². The number of fused-ring (bicyclic) bond motifs is 1. The molecule has 0 saturated carbocycles. The monoisotopic (exact) mass is 489 g/mol. The fourth-order valence-electron chi connectivity index (χ4n) is 3.20. The predicted octanol–water partition coefficient (Wildman–Crippen LogP) is 4.50. The standard InChI is InChI=1S/C21H17Cl2N5O3S/c1-2-28(14-8-4-3-5-9-14)32(30,31)18-12-15(16(22)13-17(18)23)20(29)24-21-26-25-19-10-6-7-11-27(19)21/h3-13H,2H2,1H3,(H,24,26,29). The van der Waals surface area contributed by atoms with Crippen molar-refractivity contribution in [3.8, 4) is 0 Å². The van der Waals surface area contributed by atoms with Crippen molar-refractivity contribution >= 4 is 56.4 Å². The summed E-state index contributed by atoms with van der Waals surface area (Å²) in [5.41, 5.74) is 0.947.